The predicted molar refractivity (Wildman–Crippen MR) is 69.4 cm³/mol. The van der Waals surface area contributed by atoms with Crippen LogP contribution in [-0.2, 0) is 0 Å². The van der Waals surface area contributed by atoms with Gasteiger partial charge >= 0.3 is 0 Å². The highest BCUT2D eigenvalue weighted by Crippen LogP contribution is 2.22. The summed E-state index contributed by atoms with van der Waals surface area (Å²) in [5.74, 6) is 0.564. The van der Waals surface area contributed by atoms with Crippen molar-refractivity contribution in [2.24, 2.45) is 5.92 Å². The molecular formula is C13H19F2NS. The summed E-state index contributed by atoms with van der Waals surface area (Å²) in [4.78, 5) is 0.379. The molecule has 0 aliphatic heterocycles. The average molecular weight is 259 g/mol. The first-order chi connectivity index (χ1) is 8.00. The fourth-order valence-electron chi connectivity index (χ4n) is 1.27. The molecule has 1 rings (SSSR count). The second kappa shape index (κ2) is 6.97. The molecule has 0 radical (unpaired) electrons. The van der Waals surface area contributed by atoms with Crippen molar-refractivity contribution in [3.8, 4) is 0 Å². The fraction of sp³-hybridized carbons (Fsp3) is 0.538. The summed E-state index contributed by atoms with van der Waals surface area (Å²) in [6.07, 6.45) is 0. The Morgan fingerprint density at radius 1 is 1.24 bits per heavy atom. The number of halogens is 2. The first-order valence-corrected chi connectivity index (χ1v) is 6.80. The van der Waals surface area contributed by atoms with Gasteiger partial charge in [0.2, 0.25) is 0 Å². The van der Waals surface area contributed by atoms with Gasteiger partial charge in [-0.2, -0.15) is 0 Å². The Labute approximate surface area is 106 Å². The lowest BCUT2D eigenvalue weighted by Crippen LogP contribution is -2.32. The minimum absolute atomic E-state index is 0.353. The molecule has 1 aromatic carbocycles. The molecule has 0 amide bonds. The van der Waals surface area contributed by atoms with Gasteiger partial charge in [-0.25, -0.2) is 8.78 Å². The molecule has 96 valence electrons. The SMILES string of the molecule is CC(C)C(C)NCCSc1cc(F)ccc1F. The number of hydrogen-bond donors (Lipinski definition) is 1. The summed E-state index contributed by atoms with van der Waals surface area (Å²) in [7, 11) is 0. The Hall–Kier alpha value is -0.610. The van der Waals surface area contributed by atoms with Crippen LogP contribution in [0, 0.1) is 17.6 Å². The summed E-state index contributed by atoms with van der Waals surface area (Å²) in [5.41, 5.74) is 0. The van der Waals surface area contributed by atoms with E-state index in [2.05, 4.69) is 26.1 Å². The van der Waals surface area contributed by atoms with Gasteiger partial charge in [0.15, 0.2) is 0 Å². The van der Waals surface area contributed by atoms with Gasteiger partial charge in [0.25, 0.3) is 0 Å². The van der Waals surface area contributed by atoms with Crippen molar-refractivity contribution in [2.45, 2.75) is 31.7 Å². The molecule has 0 spiro atoms. The fourth-order valence-corrected chi connectivity index (χ4v) is 2.11. The highest BCUT2D eigenvalue weighted by molar-refractivity contribution is 7.99. The molecule has 1 aromatic rings. The molecule has 1 N–H and O–H groups in total. The number of nitrogens with one attached hydrogen (secondary N) is 1. The second-order valence-electron chi connectivity index (χ2n) is 4.41. The summed E-state index contributed by atoms with van der Waals surface area (Å²) in [6.45, 7) is 7.21. The van der Waals surface area contributed by atoms with E-state index in [1.165, 1.54) is 23.9 Å². The van der Waals surface area contributed by atoms with Crippen molar-refractivity contribution in [3.63, 3.8) is 0 Å². The van der Waals surface area contributed by atoms with Gasteiger partial charge in [-0.15, -0.1) is 11.8 Å². The number of benzene rings is 1. The van der Waals surface area contributed by atoms with Crippen LogP contribution in [0.15, 0.2) is 23.1 Å². The molecule has 0 aliphatic carbocycles. The van der Waals surface area contributed by atoms with E-state index in [1.807, 2.05) is 0 Å². The summed E-state index contributed by atoms with van der Waals surface area (Å²) < 4.78 is 26.2. The zero-order chi connectivity index (χ0) is 12.8. The van der Waals surface area contributed by atoms with E-state index >= 15 is 0 Å². The van der Waals surface area contributed by atoms with Gasteiger partial charge in [-0.1, -0.05) is 13.8 Å². The molecule has 1 unspecified atom stereocenters. The molecule has 1 atom stereocenters. The lowest BCUT2D eigenvalue weighted by Gasteiger charge is -2.17. The topological polar surface area (TPSA) is 12.0 Å². The third-order valence-electron chi connectivity index (χ3n) is 2.72. The lowest BCUT2D eigenvalue weighted by atomic mass is 10.1. The highest BCUT2D eigenvalue weighted by atomic mass is 32.2. The normalized spacial score (nSPS) is 13.1. The maximum Gasteiger partial charge on any atom is 0.136 e. The maximum absolute atomic E-state index is 13.3. The van der Waals surface area contributed by atoms with E-state index in [0.717, 1.165) is 18.4 Å². The van der Waals surface area contributed by atoms with Crippen molar-refractivity contribution in [1.82, 2.24) is 5.32 Å². The molecule has 1 nitrogen and oxygen atoms in total. The third kappa shape index (κ3) is 5.04. The molecule has 0 heterocycles. The number of thioether (sulfide) groups is 1. The molecule has 0 aromatic heterocycles. The van der Waals surface area contributed by atoms with Gasteiger partial charge in [0.05, 0.1) is 0 Å². The standard InChI is InChI=1S/C13H19F2NS/c1-9(2)10(3)16-6-7-17-13-8-11(14)4-5-12(13)15/h4-5,8-10,16H,6-7H2,1-3H3. The minimum atomic E-state index is -0.391. The molecule has 0 bridgehead atoms. The minimum Gasteiger partial charge on any atom is -0.313 e. The Morgan fingerprint density at radius 2 is 1.94 bits per heavy atom. The predicted octanol–water partition coefficient (Wildman–Crippen LogP) is 3.69. The molecular weight excluding hydrogens is 240 g/mol. The van der Waals surface area contributed by atoms with Gasteiger partial charge in [-0.3, -0.25) is 0 Å². The third-order valence-corrected chi connectivity index (χ3v) is 3.75. The van der Waals surface area contributed by atoms with Crippen molar-refractivity contribution >= 4 is 11.8 Å². The Kier molecular flexibility index (Phi) is 5.92. The quantitative estimate of drug-likeness (QED) is 0.617. The lowest BCUT2D eigenvalue weighted by molar-refractivity contribution is 0.438. The largest absolute Gasteiger partial charge is 0.313 e. The van der Waals surface area contributed by atoms with Crippen LogP contribution in [0.1, 0.15) is 20.8 Å². The highest BCUT2D eigenvalue weighted by Gasteiger charge is 2.07. The molecule has 0 fully saturated rings. The van der Waals surface area contributed by atoms with Crippen LogP contribution in [0.5, 0.6) is 0 Å². The van der Waals surface area contributed by atoms with Gasteiger partial charge in [0, 0.05) is 23.2 Å². The van der Waals surface area contributed by atoms with Gasteiger partial charge < -0.3 is 5.32 Å². The zero-order valence-corrected chi connectivity index (χ0v) is 11.3. The van der Waals surface area contributed by atoms with Crippen molar-refractivity contribution < 1.29 is 8.78 Å². The van der Waals surface area contributed by atoms with E-state index < -0.39 is 5.82 Å². The first kappa shape index (κ1) is 14.5. The molecule has 17 heavy (non-hydrogen) atoms. The Morgan fingerprint density at radius 3 is 2.59 bits per heavy atom. The monoisotopic (exact) mass is 259 g/mol. The van der Waals surface area contributed by atoms with Crippen molar-refractivity contribution in [1.29, 1.82) is 0 Å². The molecule has 0 saturated carbocycles. The maximum atomic E-state index is 13.3. The van der Waals surface area contributed by atoms with Crippen LogP contribution in [0.4, 0.5) is 8.78 Å². The molecule has 4 heteroatoms. The summed E-state index contributed by atoms with van der Waals surface area (Å²) in [5, 5.41) is 3.35. The van der Waals surface area contributed by atoms with E-state index in [-0.39, 0.29) is 5.82 Å². The van der Waals surface area contributed by atoms with E-state index in [4.69, 9.17) is 0 Å². The summed E-state index contributed by atoms with van der Waals surface area (Å²) >= 11 is 1.34. The van der Waals surface area contributed by atoms with Crippen LogP contribution >= 0.6 is 11.8 Å². The van der Waals surface area contributed by atoms with Crippen LogP contribution in [0.3, 0.4) is 0 Å². The zero-order valence-electron chi connectivity index (χ0n) is 10.5. The van der Waals surface area contributed by atoms with E-state index in [0.29, 0.717) is 16.9 Å². The first-order valence-electron chi connectivity index (χ1n) is 5.82. The van der Waals surface area contributed by atoms with Gasteiger partial charge in [0.1, 0.15) is 11.6 Å². The Bertz CT molecular complexity index is 355. The van der Waals surface area contributed by atoms with Crippen LogP contribution in [0.2, 0.25) is 0 Å². The number of rotatable bonds is 6. The van der Waals surface area contributed by atoms with E-state index in [1.54, 1.807) is 0 Å². The molecule has 0 saturated heterocycles. The van der Waals surface area contributed by atoms with Crippen molar-refractivity contribution in [2.75, 3.05) is 12.3 Å². The van der Waals surface area contributed by atoms with Crippen molar-refractivity contribution in [3.05, 3.63) is 29.8 Å². The van der Waals surface area contributed by atoms with Crippen LogP contribution < -0.4 is 5.32 Å². The Balaban J connectivity index is 2.33. The number of hydrogen-bond acceptors (Lipinski definition) is 2. The average Bonchev–Trinajstić information content (AvgIpc) is 2.28. The smallest absolute Gasteiger partial charge is 0.136 e. The molecule has 0 aliphatic rings. The summed E-state index contributed by atoms with van der Waals surface area (Å²) in [6, 6.07) is 3.99. The van der Waals surface area contributed by atoms with Crippen LogP contribution in [-0.4, -0.2) is 18.3 Å². The second-order valence-corrected chi connectivity index (χ2v) is 5.55. The van der Waals surface area contributed by atoms with E-state index in [9.17, 15) is 8.78 Å². The van der Waals surface area contributed by atoms with Gasteiger partial charge in [-0.05, 0) is 31.0 Å². The van der Waals surface area contributed by atoms with Crippen LogP contribution in [0.25, 0.3) is 0 Å².